The van der Waals surface area contributed by atoms with Crippen molar-refractivity contribution < 1.29 is 0 Å². The molecule has 2 unspecified atom stereocenters. The van der Waals surface area contributed by atoms with Crippen LogP contribution in [0, 0.1) is 5.92 Å². The van der Waals surface area contributed by atoms with Gasteiger partial charge in [-0.15, -0.1) is 0 Å². The first-order valence-corrected chi connectivity index (χ1v) is 7.17. The van der Waals surface area contributed by atoms with E-state index in [1.165, 1.54) is 44.9 Å². The molecule has 16 heavy (non-hydrogen) atoms. The maximum atomic E-state index is 3.65. The predicted octanol–water partition coefficient (Wildman–Crippen LogP) is 4.29. The van der Waals surface area contributed by atoms with Gasteiger partial charge >= 0.3 is 0 Å². The first-order chi connectivity index (χ1) is 7.76. The summed E-state index contributed by atoms with van der Waals surface area (Å²) in [5.74, 6) is 0.855. The molecule has 1 rings (SSSR count). The number of allylic oxidation sites excluding steroid dienone is 1. The molecular weight excluding hydrogens is 194 g/mol. The lowest BCUT2D eigenvalue weighted by atomic mass is 9.90. The van der Waals surface area contributed by atoms with Crippen LogP contribution in [-0.2, 0) is 0 Å². The van der Waals surface area contributed by atoms with Crippen molar-refractivity contribution in [2.24, 2.45) is 5.92 Å². The van der Waals surface area contributed by atoms with Crippen LogP contribution >= 0.6 is 0 Å². The van der Waals surface area contributed by atoms with Gasteiger partial charge in [0.15, 0.2) is 0 Å². The molecule has 0 amide bonds. The minimum Gasteiger partial charge on any atom is -0.314 e. The molecule has 0 aromatic rings. The summed E-state index contributed by atoms with van der Waals surface area (Å²) in [6.45, 7) is 8.00. The zero-order chi connectivity index (χ0) is 11.8. The molecule has 0 aromatic heterocycles. The highest BCUT2D eigenvalue weighted by Gasteiger charge is 2.14. The molecule has 0 saturated carbocycles. The summed E-state index contributed by atoms with van der Waals surface area (Å²) >= 11 is 0. The third kappa shape index (κ3) is 5.16. The molecule has 0 bridgehead atoms. The molecule has 0 fully saturated rings. The van der Waals surface area contributed by atoms with Gasteiger partial charge in [0.1, 0.15) is 0 Å². The average Bonchev–Trinajstić information content (AvgIpc) is 2.30. The van der Waals surface area contributed by atoms with Crippen LogP contribution in [0.25, 0.3) is 0 Å². The van der Waals surface area contributed by atoms with Crippen molar-refractivity contribution in [2.45, 2.75) is 71.8 Å². The molecule has 1 heteroatoms. The van der Waals surface area contributed by atoms with E-state index in [-0.39, 0.29) is 0 Å². The Morgan fingerprint density at radius 1 is 1.31 bits per heavy atom. The van der Waals surface area contributed by atoms with E-state index in [1.54, 1.807) is 5.57 Å². The zero-order valence-corrected chi connectivity index (χ0v) is 11.4. The van der Waals surface area contributed by atoms with Crippen LogP contribution in [0.15, 0.2) is 11.6 Å². The minimum absolute atomic E-state index is 0.712. The zero-order valence-electron chi connectivity index (χ0n) is 11.4. The third-order valence-electron chi connectivity index (χ3n) is 3.77. The van der Waals surface area contributed by atoms with Gasteiger partial charge in [0.05, 0.1) is 0 Å². The summed E-state index contributed by atoms with van der Waals surface area (Å²) < 4.78 is 0. The van der Waals surface area contributed by atoms with Crippen molar-refractivity contribution in [1.29, 1.82) is 0 Å². The monoisotopic (exact) mass is 223 g/mol. The molecule has 0 heterocycles. The molecule has 0 spiro atoms. The Hall–Kier alpha value is -0.300. The number of hydrogen-bond acceptors (Lipinski definition) is 1. The van der Waals surface area contributed by atoms with Crippen molar-refractivity contribution in [3.63, 3.8) is 0 Å². The van der Waals surface area contributed by atoms with Crippen molar-refractivity contribution in [3.05, 3.63) is 11.6 Å². The Bertz CT molecular complexity index is 207. The molecule has 0 aliphatic heterocycles. The Balaban J connectivity index is 2.39. The van der Waals surface area contributed by atoms with Gasteiger partial charge in [0, 0.05) is 6.04 Å². The standard InChI is InChI=1S/C15H29N/c1-4-13(3)11-15(16-5-2)12-14-9-7-6-8-10-14/h9,13,15-16H,4-8,10-12H2,1-3H3. The van der Waals surface area contributed by atoms with Gasteiger partial charge in [-0.3, -0.25) is 0 Å². The minimum atomic E-state index is 0.712. The molecule has 94 valence electrons. The third-order valence-corrected chi connectivity index (χ3v) is 3.77. The van der Waals surface area contributed by atoms with Crippen LogP contribution in [0.3, 0.4) is 0 Å². The molecule has 1 aliphatic rings. The smallest absolute Gasteiger partial charge is 0.0107 e. The molecule has 1 nitrogen and oxygen atoms in total. The van der Waals surface area contributed by atoms with Crippen LogP contribution in [0.4, 0.5) is 0 Å². The van der Waals surface area contributed by atoms with Crippen molar-refractivity contribution in [3.8, 4) is 0 Å². The lowest BCUT2D eigenvalue weighted by Crippen LogP contribution is -2.31. The summed E-state index contributed by atoms with van der Waals surface area (Å²) in [5.41, 5.74) is 1.71. The van der Waals surface area contributed by atoms with Gasteiger partial charge in [-0.1, -0.05) is 38.8 Å². The molecule has 1 aliphatic carbocycles. The topological polar surface area (TPSA) is 12.0 Å². The second-order valence-electron chi connectivity index (χ2n) is 5.32. The molecule has 0 radical (unpaired) electrons. The van der Waals surface area contributed by atoms with E-state index in [4.69, 9.17) is 0 Å². The first-order valence-electron chi connectivity index (χ1n) is 7.17. The van der Waals surface area contributed by atoms with Gasteiger partial charge in [0.2, 0.25) is 0 Å². The van der Waals surface area contributed by atoms with Crippen LogP contribution in [-0.4, -0.2) is 12.6 Å². The summed E-state index contributed by atoms with van der Waals surface area (Å²) in [6.07, 6.45) is 11.9. The van der Waals surface area contributed by atoms with Crippen molar-refractivity contribution in [1.82, 2.24) is 5.32 Å². The van der Waals surface area contributed by atoms with Gasteiger partial charge in [-0.2, -0.15) is 0 Å². The highest BCUT2D eigenvalue weighted by Crippen LogP contribution is 2.23. The molecule has 0 saturated heterocycles. The summed E-state index contributed by atoms with van der Waals surface area (Å²) in [7, 11) is 0. The fourth-order valence-corrected chi connectivity index (χ4v) is 2.59. The van der Waals surface area contributed by atoms with Crippen molar-refractivity contribution >= 4 is 0 Å². The summed E-state index contributed by atoms with van der Waals surface area (Å²) in [5, 5.41) is 3.65. The first kappa shape index (κ1) is 13.8. The van der Waals surface area contributed by atoms with E-state index in [0.717, 1.165) is 12.5 Å². The van der Waals surface area contributed by atoms with E-state index < -0.39 is 0 Å². The molecule has 1 N–H and O–H groups in total. The van der Waals surface area contributed by atoms with Crippen LogP contribution in [0.2, 0.25) is 0 Å². The highest BCUT2D eigenvalue weighted by molar-refractivity contribution is 5.07. The van der Waals surface area contributed by atoms with E-state index in [2.05, 4.69) is 32.2 Å². The predicted molar refractivity (Wildman–Crippen MR) is 72.7 cm³/mol. The Morgan fingerprint density at radius 2 is 2.12 bits per heavy atom. The largest absolute Gasteiger partial charge is 0.314 e. The van der Waals surface area contributed by atoms with Crippen LogP contribution < -0.4 is 5.32 Å². The fourth-order valence-electron chi connectivity index (χ4n) is 2.59. The van der Waals surface area contributed by atoms with Gasteiger partial charge in [-0.25, -0.2) is 0 Å². The molecule has 0 aromatic carbocycles. The van der Waals surface area contributed by atoms with E-state index in [9.17, 15) is 0 Å². The lowest BCUT2D eigenvalue weighted by molar-refractivity contribution is 0.392. The SMILES string of the molecule is CCNC(CC1=CCCCC1)CC(C)CC. The number of hydrogen-bond donors (Lipinski definition) is 1. The van der Waals surface area contributed by atoms with E-state index in [0.29, 0.717) is 6.04 Å². The summed E-state index contributed by atoms with van der Waals surface area (Å²) in [4.78, 5) is 0. The fraction of sp³-hybridized carbons (Fsp3) is 0.867. The van der Waals surface area contributed by atoms with Gasteiger partial charge < -0.3 is 5.32 Å². The van der Waals surface area contributed by atoms with Gasteiger partial charge in [0.25, 0.3) is 0 Å². The maximum Gasteiger partial charge on any atom is 0.0107 e. The highest BCUT2D eigenvalue weighted by atomic mass is 14.9. The number of nitrogens with one attached hydrogen (secondary N) is 1. The second kappa shape index (κ2) is 7.89. The quantitative estimate of drug-likeness (QED) is 0.635. The van der Waals surface area contributed by atoms with Crippen LogP contribution in [0.5, 0.6) is 0 Å². The lowest BCUT2D eigenvalue weighted by Gasteiger charge is -2.24. The van der Waals surface area contributed by atoms with Gasteiger partial charge in [-0.05, 0) is 51.0 Å². The summed E-state index contributed by atoms with van der Waals surface area (Å²) in [6, 6.07) is 0.712. The Labute approximate surface area is 102 Å². The maximum absolute atomic E-state index is 3.65. The van der Waals surface area contributed by atoms with Crippen molar-refractivity contribution in [2.75, 3.05) is 6.54 Å². The van der Waals surface area contributed by atoms with E-state index >= 15 is 0 Å². The second-order valence-corrected chi connectivity index (χ2v) is 5.32. The van der Waals surface area contributed by atoms with E-state index in [1.807, 2.05) is 0 Å². The Kier molecular flexibility index (Phi) is 6.79. The number of rotatable bonds is 7. The molecular formula is C15H29N. The Morgan fingerprint density at radius 3 is 2.69 bits per heavy atom. The van der Waals surface area contributed by atoms with Crippen LogP contribution in [0.1, 0.15) is 65.7 Å². The average molecular weight is 223 g/mol. The molecule has 2 atom stereocenters. The normalized spacial score (nSPS) is 20.3.